The van der Waals surface area contributed by atoms with Gasteiger partial charge in [-0.15, -0.1) is 11.3 Å². The zero-order chi connectivity index (χ0) is 17.2. The lowest BCUT2D eigenvalue weighted by molar-refractivity contribution is 0.102. The number of anilines is 1. The van der Waals surface area contributed by atoms with Crippen molar-refractivity contribution in [2.75, 3.05) is 5.32 Å². The summed E-state index contributed by atoms with van der Waals surface area (Å²) in [6.07, 6.45) is 2.85. The van der Waals surface area contributed by atoms with Crippen LogP contribution in [0.15, 0.2) is 63.2 Å². The van der Waals surface area contributed by atoms with Gasteiger partial charge in [0.15, 0.2) is 0 Å². The fourth-order valence-corrected chi connectivity index (χ4v) is 3.07. The Kier molecular flexibility index (Phi) is 3.91. The maximum absolute atomic E-state index is 12.2. The lowest BCUT2D eigenvalue weighted by Crippen LogP contribution is -2.10. The quantitative estimate of drug-likeness (QED) is 0.580. The molecule has 0 aliphatic heterocycles. The average Bonchev–Trinajstić information content (AvgIpc) is 3.36. The molecule has 1 aromatic carbocycles. The third-order valence-corrected chi connectivity index (χ3v) is 4.53. The first kappa shape index (κ1) is 15.3. The summed E-state index contributed by atoms with van der Waals surface area (Å²) in [6.45, 7) is 2.02. The predicted octanol–water partition coefficient (Wildman–Crippen LogP) is 4.62. The molecule has 0 fully saturated rings. The van der Waals surface area contributed by atoms with Crippen LogP contribution < -0.4 is 5.32 Å². The van der Waals surface area contributed by atoms with Gasteiger partial charge in [-0.1, -0.05) is 35.0 Å². The molecule has 7 heteroatoms. The molecule has 0 spiro atoms. The molecule has 6 nitrogen and oxygen atoms in total. The number of carbonyl (C=O) groups is 1. The maximum Gasteiger partial charge on any atom is 0.270 e. The maximum atomic E-state index is 12.2. The zero-order valence-corrected chi connectivity index (χ0v) is 14.0. The summed E-state index contributed by atoms with van der Waals surface area (Å²) in [7, 11) is 0. The van der Waals surface area contributed by atoms with Crippen LogP contribution in [0.5, 0.6) is 0 Å². The largest absolute Gasteiger partial charge is 0.472 e. The second-order valence-electron chi connectivity index (χ2n) is 5.42. The molecule has 0 saturated carbocycles. The Labute approximate surface area is 147 Å². The number of carbonyl (C=O) groups excluding carboxylic acids is 1. The van der Waals surface area contributed by atoms with Gasteiger partial charge in [-0.3, -0.25) is 4.79 Å². The molecule has 0 saturated heterocycles. The normalized spacial score (nSPS) is 10.8. The number of hydrogen-bond donors (Lipinski definition) is 1. The predicted molar refractivity (Wildman–Crippen MR) is 94.4 cm³/mol. The molecule has 4 rings (SSSR count). The molecule has 1 N–H and O–H groups in total. The highest BCUT2D eigenvalue weighted by Gasteiger charge is 2.18. The van der Waals surface area contributed by atoms with Crippen molar-refractivity contribution in [1.82, 2.24) is 10.1 Å². The van der Waals surface area contributed by atoms with E-state index < -0.39 is 0 Å². The minimum atomic E-state index is -0.258. The van der Waals surface area contributed by atoms with Crippen molar-refractivity contribution in [1.29, 1.82) is 0 Å². The smallest absolute Gasteiger partial charge is 0.270 e. The summed E-state index contributed by atoms with van der Waals surface area (Å²) in [6, 6.07) is 11.3. The van der Waals surface area contributed by atoms with Crippen LogP contribution in [0, 0.1) is 6.92 Å². The van der Waals surface area contributed by atoms with E-state index in [1.54, 1.807) is 12.1 Å². The number of thiophene rings is 1. The van der Waals surface area contributed by atoms with Crippen molar-refractivity contribution in [3.8, 4) is 22.2 Å². The van der Waals surface area contributed by atoms with Crippen molar-refractivity contribution >= 4 is 22.9 Å². The van der Waals surface area contributed by atoms with E-state index in [4.69, 9.17) is 8.94 Å². The Balaban J connectivity index is 1.60. The second kappa shape index (κ2) is 6.37. The first-order chi connectivity index (χ1) is 12.2. The Morgan fingerprint density at radius 1 is 1.16 bits per heavy atom. The van der Waals surface area contributed by atoms with E-state index in [1.807, 2.05) is 36.6 Å². The summed E-state index contributed by atoms with van der Waals surface area (Å²) in [5.41, 5.74) is 3.11. The highest BCUT2D eigenvalue weighted by atomic mass is 32.1. The Hall–Kier alpha value is -3.19. The van der Waals surface area contributed by atoms with Crippen LogP contribution >= 0.6 is 11.3 Å². The van der Waals surface area contributed by atoms with Crippen molar-refractivity contribution < 1.29 is 13.7 Å². The fraction of sp³-hybridized carbons (Fsp3) is 0.0556. The van der Waals surface area contributed by atoms with Gasteiger partial charge in [0.2, 0.25) is 5.82 Å². The molecule has 3 aromatic heterocycles. The summed E-state index contributed by atoms with van der Waals surface area (Å²) in [4.78, 5) is 17.3. The lowest BCUT2D eigenvalue weighted by atomic mass is 10.1. The number of hydrogen-bond acceptors (Lipinski definition) is 6. The fourth-order valence-electron chi connectivity index (χ4n) is 2.30. The van der Waals surface area contributed by atoms with Gasteiger partial charge in [0.1, 0.15) is 11.1 Å². The molecule has 0 aliphatic rings. The van der Waals surface area contributed by atoms with Crippen LogP contribution in [-0.4, -0.2) is 16.0 Å². The van der Waals surface area contributed by atoms with E-state index in [0.29, 0.717) is 27.8 Å². The monoisotopic (exact) mass is 351 g/mol. The van der Waals surface area contributed by atoms with Crippen LogP contribution in [0.3, 0.4) is 0 Å². The molecule has 1 amide bonds. The number of benzene rings is 1. The number of nitrogens with zero attached hydrogens (tertiary/aromatic N) is 2. The van der Waals surface area contributed by atoms with E-state index >= 15 is 0 Å². The summed E-state index contributed by atoms with van der Waals surface area (Å²) in [5.74, 6) is 0.621. The van der Waals surface area contributed by atoms with Crippen LogP contribution in [0.2, 0.25) is 0 Å². The molecule has 4 aromatic rings. The minimum Gasteiger partial charge on any atom is -0.472 e. The number of rotatable bonds is 4. The topological polar surface area (TPSA) is 81.2 Å². The van der Waals surface area contributed by atoms with E-state index in [9.17, 15) is 4.79 Å². The molecule has 3 heterocycles. The first-order valence-electron chi connectivity index (χ1n) is 7.53. The van der Waals surface area contributed by atoms with Gasteiger partial charge in [0.05, 0.1) is 17.5 Å². The first-order valence-corrected chi connectivity index (χ1v) is 8.41. The van der Waals surface area contributed by atoms with Crippen molar-refractivity contribution in [2.45, 2.75) is 6.92 Å². The molecule has 25 heavy (non-hydrogen) atoms. The summed E-state index contributed by atoms with van der Waals surface area (Å²) >= 11 is 1.42. The SMILES string of the molecule is Cc1ccc(-c2noc(-c3sccc3NC(=O)c3ccoc3)n2)cc1. The highest BCUT2D eigenvalue weighted by molar-refractivity contribution is 7.14. The van der Waals surface area contributed by atoms with Crippen molar-refractivity contribution in [3.63, 3.8) is 0 Å². The van der Waals surface area contributed by atoms with Crippen LogP contribution in [0.4, 0.5) is 5.69 Å². The third kappa shape index (κ3) is 3.09. The summed E-state index contributed by atoms with van der Waals surface area (Å²) in [5, 5.41) is 8.72. The minimum absolute atomic E-state index is 0.258. The van der Waals surface area contributed by atoms with Gasteiger partial charge in [0.25, 0.3) is 11.8 Å². The Bertz CT molecular complexity index is 1000. The van der Waals surface area contributed by atoms with Gasteiger partial charge in [-0.2, -0.15) is 4.98 Å². The summed E-state index contributed by atoms with van der Waals surface area (Å²) < 4.78 is 10.3. The number of aryl methyl sites for hydroxylation is 1. The number of amides is 1. The van der Waals surface area contributed by atoms with Crippen molar-refractivity contribution in [2.24, 2.45) is 0 Å². The van der Waals surface area contributed by atoms with Gasteiger partial charge in [0, 0.05) is 5.56 Å². The van der Waals surface area contributed by atoms with Crippen LogP contribution in [-0.2, 0) is 0 Å². The van der Waals surface area contributed by atoms with E-state index in [-0.39, 0.29) is 5.91 Å². The number of nitrogens with one attached hydrogen (secondary N) is 1. The molecule has 124 valence electrons. The lowest BCUT2D eigenvalue weighted by Gasteiger charge is -2.02. The molecular formula is C18H13N3O3S. The molecule has 0 radical (unpaired) electrons. The van der Waals surface area contributed by atoms with E-state index in [1.165, 1.54) is 23.9 Å². The Morgan fingerprint density at radius 2 is 2.00 bits per heavy atom. The van der Waals surface area contributed by atoms with E-state index in [2.05, 4.69) is 15.5 Å². The van der Waals surface area contributed by atoms with Gasteiger partial charge < -0.3 is 14.3 Å². The van der Waals surface area contributed by atoms with Gasteiger partial charge in [-0.25, -0.2) is 0 Å². The van der Waals surface area contributed by atoms with Gasteiger partial charge in [-0.05, 0) is 24.4 Å². The van der Waals surface area contributed by atoms with E-state index in [0.717, 1.165) is 11.1 Å². The molecule has 0 unspecified atom stereocenters. The van der Waals surface area contributed by atoms with Gasteiger partial charge >= 0.3 is 0 Å². The average molecular weight is 351 g/mol. The zero-order valence-electron chi connectivity index (χ0n) is 13.2. The van der Waals surface area contributed by atoms with Crippen molar-refractivity contribution in [3.05, 3.63) is 65.4 Å². The Morgan fingerprint density at radius 3 is 2.76 bits per heavy atom. The highest BCUT2D eigenvalue weighted by Crippen LogP contribution is 2.34. The number of aromatic nitrogens is 2. The van der Waals surface area contributed by atoms with Crippen LogP contribution in [0.1, 0.15) is 15.9 Å². The molecule has 0 aliphatic carbocycles. The molecule has 0 atom stereocenters. The van der Waals surface area contributed by atoms with Crippen LogP contribution in [0.25, 0.3) is 22.2 Å². The standard InChI is InChI=1S/C18H13N3O3S/c1-11-2-4-12(5-3-11)16-20-18(24-21-16)15-14(7-9-25-15)19-17(22)13-6-8-23-10-13/h2-10H,1H3,(H,19,22). The third-order valence-electron chi connectivity index (χ3n) is 3.63. The number of furan rings is 1. The molecule has 0 bridgehead atoms. The second-order valence-corrected chi connectivity index (χ2v) is 6.33. The molecular weight excluding hydrogens is 338 g/mol.